The maximum atomic E-state index is 13.3. The van der Waals surface area contributed by atoms with Crippen LogP contribution in [-0.2, 0) is 19.1 Å². The fourth-order valence-electron chi connectivity index (χ4n) is 7.68. The number of aliphatic hydroxyl groups is 1. The lowest BCUT2D eigenvalue weighted by atomic mass is 9.39. The zero-order valence-electron chi connectivity index (χ0n) is 19.5. The molecule has 0 aromatic heterocycles. The third-order valence-corrected chi connectivity index (χ3v) is 8.85. The standard InChI is InChI=1S/C25H40O5/c1-16-8-9-20-24(5)12-7-11-23(3,4)19(24)10-13-25(20,6)21(16)22(28)29-15-18(14-26)30-17(2)27/h18-21,26H,1,7-15H2,2-6H3. The van der Waals surface area contributed by atoms with Crippen LogP contribution in [0.4, 0.5) is 0 Å². The number of ether oxygens (including phenoxy) is 2. The Bertz CT molecular complexity index is 698. The molecule has 5 nitrogen and oxygen atoms in total. The topological polar surface area (TPSA) is 72.8 Å². The quantitative estimate of drug-likeness (QED) is 0.517. The maximum Gasteiger partial charge on any atom is 0.313 e. The Morgan fingerprint density at radius 1 is 1.10 bits per heavy atom. The fraction of sp³-hybridized carbons (Fsp3) is 0.840. The summed E-state index contributed by atoms with van der Waals surface area (Å²) in [5.74, 6) is 0.0343. The average molecular weight is 421 g/mol. The van der Waals surface area contributed by atoms with Crippen molar-refractivity contribution in [3.05, 3.63) is 12.2 Å². The van der Waals surface area contributed by atoms with E-state index in [2.05, 4.69) is 34.3 Å². The highest BCUT2D eigenvalue weighted by molar-refractivity contribution is 5.77. The monoisotopic (exact) mass is 420 g/mol. The molecule has 0 spiro atoms. The van der Waals surface area contributed by atoms with E-state index in [4.69, 9.17) is 9.47 Å². The molecule has 0 radical (unpaired) electrons. The lowest BCUT2D eigenvalue weighted by molar-refractivity contribution is -0.181. The van der Waals surface area contributed by atoms with Gasteiger partial charge >= 0.3 is 11.9 Å². The van der Waals surface area contributed by atoms with Crippen molar-refractivity contribution in [3.63, 3.8) is 0 Å². The predicted molar refractivity (Wildman–Crippen MR) is 116 cm³/mol. The summed E-state index contributed by atoms with van der Waals surface area (Å²) in [6, 6.07) is 0. The van der Waals surface area contributed by atoms with Crippen molar-refractivity contribution in [2.24, 2.45) is 34.0 Å². The molecule has 6 atom stereocenters. The summed E-state index contributed by atoms with van der Waals surface area (Å²) in [6.45, 7) is 14.7. The Morgan fingerprint density at radius 3 is 2.43 bits per heavy atom. The van der Waals surface area contributed by atoms with Gasteiger partial charge in [-0.25, -0.2) is 0 Å². The van der Waals surface area contributed by atoms with Crippen LogP contribution >= 0.6 is 0 Å². The second-order valence-electron chi connectivity index (χ2n) is 11.2. The van der Waals surface area contributed by atoms with Crippen molar-refractivity contribution in [2.45, 2.75) is 85.7 Å². The first-order valence-corrected chi connectivity index (χ1v) is 11.6. The largest absolute Gasteiger partial charge is 0.461 e. The number of hydrogen-bond donors (Lipinski definition) is 1. The average Bonchev–Trinajstić information content (AvgIpc) is 2.63. The van der Waals surface area contributed by atoms with Gasteiger partial charge in [0.2, 0.25) is 0 Å². The van der Waals surface area contributed by atoms with Crippen LogP contribution in [-0.4, -0.2) is 36.4 Å². The van der Waals surface area contributed by atoms with Gasteiger partial charge in [0.15, 0.2) is 6.10 Å². The van der Waals surface area contributed by atoms with Crippen molar-refractivity contribution >= 4 is 11.9 Å². The van der Waals surface area contributed by atoms with E-state index in [1.807, 2.05) is 0 Å². The summed E-state index contributed by atoms with van der Waals surface area (Å²) in [5, 5.41) is 9.41. The van der Waals surface area contributed by atoms with Crippen LogP contribution in [0.1, 0.15) is 79.6 Å². The highest BCUT2D eigenvalue weighted by Gasteiger charge is 2.62. The van der Waals surface area contributed by atoms with E-state index in [0.717, 1.165) is 31.3 Å². The molecule has 30 heavy (non-hydrogen) atoms. The number of fused-ring (bicyclic) bond motifs is 3. The van der Waals surface area contributed by atoms with Gasteiger partial charge in [0.05, 0.1) is 12.5 Å². The van der Waals surface area contributed by atoms with Crippen LogP contribution in [0.3, 0.4) is 0 Å². The minimum absolute atomic E-state index is 0.119. The molecule has 170 valence electrons. The highest BCUT2D eigenvalue weighted by Crippen LogP contribution is 2.69. The molecule has 3 aliphatic rings. The molecule has 3 aliphatic carbocycles. The molecule has 0 heterocycles. The van der Waals surface area contributed by atoms with Gasteiger partial charge in [-0.15, -0.1) is 0 Å². The molecule has 0 aliphatic heterocycles. The summed E-state index contributed by atoms with van der Waals surface area (Å²) < 4.78 is 10.6. The maximum absolute atomic E-state index is 13.3. The van der Waals surface area contributed by atoms with Crippen LogP contribution in [0.15, 0.2) is 12.2 Å². The van der Waals surface area contributed by atoms with Gasteiger partial charge in [-0.3, -0.25) is 9.59 Å². The van der Waals surface area contributed by atoms with Gasteiger partial charge < -0.3 is 14.6 Å². The van der Waals surface area contributed by atoms with Crippen molar-refractivity contribution in [1.82, 2.24) is 0 Å². The molecule has 0 amide bonds. The Morgan fingerprint density at radius 2 is 1.80 bits per heavy atom. The molecule has 0 aromatic rings. The molecule has 6 unspecified atom stereocenters. The highest BCUT2D eigenvalue weighted by atomic mass is 16.6. The summed E-state index contributed by atoms with van der Waals surface area (Å²) >= 11 is 0. The molecule has 0 aromatic carbocycles. The van der Waals surface area contributed by atoms with Gasteiger partial charge in [-0.1, -0.05) is 46.3 Å². The molecule has 3 saturated carbocycles. The second kappa shape index (κ2) is 8.29. The van der Waals surface area contributed by atoms with Crippen molar-refractivity contribution < 1.29 is 24.2 Å². The van der Waals surface area contributed by atoms with Gasteiger partial charge in [-0.2, -0.15) is 0 Å². The third kappa shape index (κ3) is 3.94. The summed E-state index contributed by atoms with van der Waals surface area (Å²) in [5.41, 5.74) is 1.38. The van der Waals surface area contributed by atoms with E-state index in [1.54, 1.807) is 0 Å². The first-order valence-electron chi connectivity index (χ1n) is 11.6. The predicted octanol–water partition coefficient (Wildman–Crippen LogP) is 4.67. The normalized spacial score (nSPS) is 38.7. The van der Waals surface area contributed by atoms with Gasteiger partial charge in [0.1, 0.15) is 6.61 Å². The number of rotatable bonds is 5. The van der Waals surface area contributed by atoms with E-state index in [1.165, 1.54) is 26.2 Å². The van der Waals surface area contributed by atoms with Crippen molar-refractivity contribution in [1.29, 1.82) is 0 Å². The Hall–Kier alpha value is -1.36. The molecule has 0 bridgehead atoms. The van der Waals surface area contributed by atoms with Crippen molar-refractivity contribution in [2.75, 3.05) is 13.2 Å². The Kier molecular flexibility index (Phi) is 6.44. The number of esters is 2. The zero-order valence-corrected chi connectivity index (χ0v) is 19.5. The first kappa shape index (κ1) is 23.3. The summed E-state index contributed by atoms with van der Waals surface area (Å²) in [6.07, 6.45) is 7.05. The molecule has 3 rings (SSSR count). The van der Waals surface area contributed by atoms with Crippen molar-refractivity contribution in [3.8, 4) is 0 Å². The van der Waals surface area contributed by atoms with Gasteiger partial charge in [0, 0.05) is 6.92 Å². The van der Waals surface area contributed by atoms with Gasteiger partial charge in [0.25, 0.3) is 0 Å². The number of aliphatic hydroxyl groups excluding tert-OH is 1. The Balaban J connectivity index is 1.82. The fourth-order valence-corrected chi connectivity index (χ4v) is 7.68. The zero-order chi connectivity index (χ0) is 22.3. The molecular weight excluding hydrogens is 380 g/mol. The van der Waals surface area contributed by atoms with Crippen LogP contribution in [0.5, 0.6) is 0 Å². The number of hydrogen-bond acceptors (Lipinski definition) is 5. The molecule has 0 saturated heterocycles. The number of carbonyl (C=O) groups is 2. The smallest absolute Gasteiger partial charge is 0.313 e. The van der Waals surface area contributed by atoms with Gasteiger partial charge in [-0.05, 0) is 66.6 Å². The Labute approximate surface area is 181 Å². The molecular formula is C25H40O5. The minimum Gasteiger partial charge on any atom is -0.461 e. The summed E-state index contributed by atoms with van der Waals surface area (Å²) in [4.78, 5) is 24.4. The SMILES string of the molecule is C=C1CCC2C(C)(CCC3C(C)(C)CCCC32C)C1C(=O)OCC(CO)OC(C)=O. The van der Waals surface area contributed by atoms with E-state index in [-0.39, 0.29) is 35.9 Å². The van der Waals surface area contributed by atoms with E-state index < -0.39 is 12.1 Å². The lowest BCUT2D eigenvalue weighted by Crippen LogP contribution is -2.59. The molecule has 1 N–H and O–H groups in total. The minimum atomic E-state index is -0.820. The number of carbonyl (C=O) groups excluding carboxylic acids is 2. The van der Waals surface area contributed by atoms with Crippen LogP contribution < -0.4 is 0 Å². The first-order chi connectivity index (χ1) is 14.0. The van der Waals surface area contributed by atoms with E-state index in [9.17, 15) is 14.7 Å². The van der Waals surface area contributed by atoms with Crippen LogP contribution in [0.25, 0.3) is 0 Å². The molecule has 3 fully saturated rings. The van der Waals surface area contributed by atoms with E-state index >= 15 is 0 Å². The second-order valence-corrected chi connectivity index (χ2v) is 11.2. The van der Waals surface area contributed by atoms with E-state index in [0.29, 0.717) is 17.3 Å². The lowest BCUT2D eigenvalue weighted by Gasteiger charge is -2.65. The summed E-state index contributed by atoms with van der Waals surface area (Å²) in [7, 11) is 0. The van der Waals surface area contributed by atoms with Crippen LogP contribution in [0.2, 0.25) is 0 Å². The third-order valence-electron chi connectivity index (χ3n) is 8.85. The van der Waals surface area contributed by atoms with Crippen LogP contribution in [0, 0.1) is 34.0 Å². The molecule has 5 heteroatoms.